The molecule has 3 rings (SSSR count). The van der Waals surface area contributed by atoms with Crippen LogP contribution in [0.5, 0.6) is 0 Å². The van der Waals surface area contributed by atoms with E-state index in [1.165, 1.54) is 4.90 Å². The molecule has 1 fully saturated rings. The summed E-state index contributed by atoms with van der Waals surface area (Å²) in [5.41, 5.74) is 1.09. The first-order valence-corrected chi connectivity index (χ1v) is 11.4. The molecule has 0 atom stereocenters. The van der Waals surface area contributed by atoms with E-state index in [0.29, 0.717) is 32.7 Å². The van der Waals surface area contributed by atoms with Crippen molar-refractivity contribution in [2.75, 3.05) is 45.0 Å². The molecule has 7 heteroatoms. The van der Waals surface area contributed by atoms with Gasteiger partial charge in [0.25, 0.3) is 0 Å². The molecule has 0 radical (unpaired) electrons. The van der Waals surface area contributed by atoms with E-state index in [0.717, 1.165) is 30.8 Å². The standard InChI is InChI=1S/C23H30N4O2S/c28-22(25-18-20-8-3-1-4-9-20)19-26-13-15-27(16-14-26)23(29)24-12-7-17-30-21-10-5-2-6-11-21/h1-6,8-11H,7,12-19H2,(H,24,29)(H,25,28). The Labute approximate surface area is 183 Å². The van der Waals surface area contributed by atoms with Crippen molar-refractivity contribution in [1.29, 1.82) is 0 Å². The number of nitrogens with zero attached hydrogens (tertiary/aromatic N) is 2. The molecule has 1 saturated heterocycles. The molecule has 1 aliphatic rings. The zero-order chi connectivity index (χ0) is 21.0. The molecule has 0 aliphatic carbocycles. The predicted molar refractivity (Wildman–Crippen MR) is 121 cm³/mol. The van der Waals surface area contributed by atoms with Gasteiger partial charge in [0.15, 0.2) is 0 Å². The summed E-state index contributed by atoms with van der Waals surface area (Å²) in [6.45, 7) is 4.34. The Hall–Kier alpha value is -2.51. The van der Waals surface area contributed by atoms with Crippen molar-refractivity contribution in [3.8, 4) is 0 Å². The Morgan fingerprint density at radius 3 is 2.23 bits per heavy atom. The summed E-state index contributed by atoms with van der Waals surface area (Å²) < 4.78 is 0. The summed E-state index contributed by atoms with van der Waals surface area (Å²) >= 11 is 1.81. The first-order chi connectivity index (χ1) is 14.7. The highest BCUT2D eigenvalue weighted by atomic mass is 32.2. The molecule has 0 saturated carbocycles. The molecular weight excluding hydrogens is 396 g/mol. The highest BCUT2D eigenvalue weighted by Crippen LogP contribution is 2.17. The second kappa shape index (κ2) is 12.2. The third-order valence-electron chi connectivity index (χ3n) is 4.97. The van der Waals surface area contributed by atoms with Gasteiger partial charge in [-0.25, -0.2) is 4.79 Å². The smallest absolute Gasteiger partial charge is 0.317 e. The molecule has 6 nitrogen and oxygen atoms in total. The van der Waals surface area contributed by atoms with Crippen molar-refractivity contribution in [2.24, 2.45) is 0 Å². The van der Waals surface area contributed by atoms with Crippen molar-refractivity contribution >= 4 is 23.7 Å². The molecule has 0 unspecified atom stereocenters. The first kappa shape index (κ1) is 22.2. The molecule has 1 heterocycles. The monoisotopic (exact) mass is 426 g/mol. The van der Waals surface area contributed by atoms with E-state index in [2.05, 4.69) is 27.7 Å². The van der Waals surface area contributed by atoms with Gasteiger partial charge in [-0.2, -0.15) is 0 Å². The fraction of sp³-hybridized carbons (Fsp3) is 0.391. The van der Waals surface area contributed by atoms with Crippen LogP contribution in [-0.2, 0) is 11.3 Å². The number of hydrogen-bond donors (Lipinski definition) is 2. The Balaban J connectivity index is 1.25. The SMILES string of the molecule is O=C(CN1CCN(C(=O)NCCCSc2ccccc2)CC1)NCc1ccccc1. The largest absolute Gasteiger partial charge is 0.351 e. The van der Waals surface area contributed by atoms with Crippen molar-refractivity contribution in [2.45, 2.75) is 17.9 Å². The van der Waals surface area contributed by atoms with Gasteiger partial charge in [0.05, 0.1) is 6.54 Å². The van der Waals surface area contributed by atoms with Gasteiger partial charge < -0.3 is 15.5 Å². The number of carbonyl (C=O) groups is 2. The minimum absolute atomic E-state index is 0.00658. The fourth-order valence-corrected chi connectivity index (χ4v) is 4.12. The molecule has 30 heavy (non-hydrogen) atoms. The summed E-state index contributed by atoms with van der Waals surface area (Å²) in [6, 6.07) is 20.2. The van der Waals surface area contributed by atoms with Crippen LogP contribution >= 0.6 is 11.8 Å². The fourth-order valence-electron chi connectivity index (χ4n) is 3.25. The summed E-state index contributed by atoms with van der Waals surface area (Å²) in [4.78, 5) is 29.7. The van der Waals surface area contributed by atoms with Gasteiger partial charge in [-0.3, -0.25) is 9.69 Å². The molecular formula is C23H30N4O2S. The van der Waals surface area contributed by atoms with E-state index < -0.39 is 0 Å². The van der Waals surface area contributed by atoms with Gasteiger partial charge >= 0.3 is 6.03 Å². The average molecular weight is 427 g/mol. The van der Waals surface area contributed by atoms with Crippen molar-refractivity contribution in [3.63, 3.8) is 0 Å². The summed E-state index contributed by atoms with van der Waals surface area (Å²) in [5, 5.41) is 5.96. The van der Waals surface area contributed by atoms with Gasteiger partial charge in [0.1, 0.15) is 0 Å². The van der Waals surface area contributed by atoms with Gasteiger partial charge in [0.2, 0.25) is 5.91 Å². The normalized spacial score (nSPS) is 14.3. The molecule has 0 bridgehead atoms. The number of hydrogen-bond acceptors (Lipinski definition) is 4. The highest BCUT2D eigenvalue weighted by molar-refractivity contribution is 7.99. The molecule has 2 N–H and O–H groups in total. The van der Waals surface area contributed by atoms with Crippen LogP contribution in [0, 0.1) is 0 Å². The van der Waals surface area contributed by atoms with E-state index in [1.54, 1.807) is 11.8 Å². The summed E-state index contributed by atoms with van der Waals surface area (Å²) in [7, 11) is 0. The van der Waals surface area contributed by atoms with Gasteiger partial charge in [-0.1, -0.05) is 48.5 Å². The van der Waals surface area contributed by atoms with E-state index >= 15 is 0 Å². The van der Waals surface area contributed by atoms with Crippen LogP contribution in [-0.4, -0.2) is 66.8 Å². The van der Waals surface area contributed by atoms with Crippen LogP contribution in [0.3, 0.4) is 0 Å². The lowest BCUT2D eigenvalue weighted by atomic mass is 10.2. The van der Waals surface area contributed by atoms with E-state index in [4.69, 9.17) is 0 Å². The minimum atomic E-state index is -0.00658. The molecule has 160 valence electrons. The third-order valence-corrected chi connectivity index (χ3v) is 6.07. The van der Waals surface area contributed by atoms with E-state index in [9.17, 15) is 9.59 Å². The third kappa shape index (κ3) is 7.72. The summed E-state index contributed by atoms with van der Waals surface area (Å²) in [5.74, 6) is 1.00. The van der Waals surface area contributed by atoms with Gasteiger partial charge in [0, 0.05) is 44.2 Å². The number of piperazine rings is 1. The Kier molecular flexibility index (Phi) is 9.05. The Morgan fingerprint density at radius 1 is 0.867 bits per heavy atom. The van der Waals surface area contributed by atoms with Crippen molar-refractivity contribution in [3.05, 3.63) is 66.2 Å². The van der Waals surface area contributed by atoms with Crippen LogP contribution in [0.15, 0.2) is 65.6 Å². The quantitative estimate of drug-likeness (QED) is 0.478. The lowest BCUT2D eigenvalue weighted by Crippen LogP contribution is -2.53. The maximum atomic E-state index is 12.3. The molecule has 1 aliphatic heterocycles. The number of rotatable bonds is 9. The van der Waals surface area contributed by atoms with E-state index in [-0.39, 0.29) is 11.9 Å². The lowest BCUT2D eigenvalue weighted by Gasteiger charge is -2.34. The van der Waals surface area contributed by atoms with Crippen LogP contribution < -0.4 is 10.6 Å². The Bertz CT molecular complexity index is 780. The molecule has 3 amide bonds. The Morgan fingerprint density at radius 2 is 1.53 bits per heavy atom. The van der Waals surface area contributed by atoms with Crippen LogP contribution in [0.2, 0.25) is 0 Å². The van der Waals surface area contributed by atoms with Gasteiger partial charge in [-0.15, -0.1) is 11.8 Å². The maximum absolute atomic E-state index is 12.3. The van der Waals surface area contributed by atoms with Gasteiger partial charge in [-0.05, 0) is 29.9 Å². The second-order valence-electron chi connectivity index (χ2n) is 7.27. The summed E-state index contributed by atoms with van der Waals surface area (Å²) in [6.07, 6.45) is 0.937. The number of carbonyl (C=O) groups excluding carboxylic acids is 2. The van der Waals surface area contributed by atoms with Crippen LogP contribution in [0.4, 0.5) is 4.79 Å². The maximum Gasteiger partial charge on any atom is 0.317 e. The molecule has 0 aromatic heterocycles. The number of amides is 3. The number of benzene rings is 2. The van der Waals surface area contributed by atoms with Crippen molar-refractivity contribution in [1.82, 2.24) is 20.4 Å². The molecule has 2 aromatic rings. The zero-order valence-electron chi connectivity index (χ0n) is 17.3. The predicted octanol–water partition coefficient (Wildman–Crippen LogP) is 2.81. The molecule has 2 aromatic carbocycles. The first-order valence-electron chi connectivity index (χ1n) is 10.4. The average Bonchev–Trinajstić information content (AvgIpc) is 2.79. The minimum Gasteiger partial charge on any atom is -0.351 e. The molecule has 0 spiro atoms. The lowest BCUT2D eigenvalue weighted by molar-refractivity contribution is -0.122. The topological polar surface area (TPSA) is 64.7 Å². The van der Waals surface area contributed by atoms with Crippen LogP contribution in [0.1, 0.15) is 12.0 Å². The van der Waals surface area contributed by atoms with Crippen LogP contribution in [0.25, 0.3) is 0 Å². The van der Waals surface area contributed by atoms with Crippen molar-refractivity contribution < 1.29 is 9.59 Å². The zero-order valence-corrected chi connectivity index (χ0v) is 18.1. The number of urea groups is 1. The van der Waals surface area contributed by atoms with E-state index in [1.807, 2.05) is 53.4 Å². The second-order valence-corrected chi connectivity index (χ2v) is 8.44. The number of nitrogens with one attached hydrogen (secondary N) is 2. The number of thioether (sulfide) groups is 1. The highest BCUT2D eigenvalue weighted by Gasteiger charge is 2.22.